The molecule has 4 heteroatoms. The van der Waals surface area contributed by atoms with Crippen LogP contribution in [0.3, 0.4) is 0 Å². The number of fused-ring (bicyclic) bond motifs is 1. The summed E-state index contributed by atoms with van der Waals surface area (Å²) < 4.78 is 13.1. The highest BCUT2D eigenvalue weighted by atomic mass is 32.2. The van der Waals surface area contributed by atoms with Crippen molar-refractivity contribution in [3.8, 4) is 5.75 Å². The van der Waals surface area contributed by atoms with Crippen LogP contribution in [-0.4, -0.2) is 15.1 Å². The number of phenolic OH excluding ortho intramolecular Hbond substituents is 1. The number of carbonyl (C=O) groups excluding carboxylic acids is 1. The summed E-state index contributed by atoms with van der Waals surface area (Å²) in [5.74, 6) is -0.134. The van der Waals surface area contributed by atoms with Crippen molar-refractivity contribution in [3.63, 3.8) is 0 Å². The maximum Gasteiger partial charge on any atom is 0.194 e. The molecule has 0 saturated heterocycles. The SMILES string of the molecule is O=C(C1=C(c2ccccc2)S(=O)c2cc(O)ccc21)c1ccccc1. The van der Waals surface area contributed by atoms with Crippen LogP contribution in [0.5, 0.6) is 5.75 Å². The Morgan fingerprint density at radius 1 is 0.840 bits per heavy atom. The molecule has 122 valence electrons. The average Bonchev–Trinajstić information content (AvgIpc) is 2.94. The second-order valence-corrected chi connectivity index (χ2v) is 7.10. The first kappa shape index (κ1) is 15.5. The Balaban J connectivity index is 1.98. The van der Waals surface area contributed by atoms with Crippen molar-refractivity contribution < 1.29 is 14.1 Å². The van der Waals surface area contributed by atoms with Gasteiger partial charge in [-0.3, -0.25) is 4.79 Å². The highest BCUT2D eigenvalue weighted by Gasteiger charge is 2.34. The molecular weight excluding hydrogens is 332 g/mol. The molecule has 3 aromatic rings. The number of hydrogen-bond acceptors (Lipinski definition) is 3. The molecule has 3 nitrogen and oxygen atoms in total. The van der Waals surface area contributed by atoms with Gasteiger partial charge >= 0.3 is 0 Å². The molecule has 1 aliphatic rings. The van der Waals surface area contributed by atoms with Gasteiger partial charge in [-0.1, -0.05) is 60.7 Å². The smallest absolute Gasteiger partial charge is 0.194 e. The summed E-state index contributed by atoms with van der Waals surface area (Å²) >= 11 is 0. The number of aromatic hydroxyl groups is 1. The van der Waals surface area contributed by atoms with E-state index in [1.807, 2.05) is 36.4 Å². The molecule has 0 spiro atoms. The van der Waals surface area contributed by atoms with Gasteiger partial charge in [0.1, 0.15) is 5.75 Å². The molecule has 0 saturated carbocycles. The Morgan fingerprint density at radius 3 is 2.16 bits per heavy atom. The van der Waals surface area contributed by atoms with Crippen molar-refractivity contribution in [3.05, 3.63) is 95.6 Å². The number of Topliss-reactive ketones (excluding diaryl/α,β-unsaturated/α-hetero) is 1. The van der Waals surface area contributed by atoms with Gasteiger partial charge in [0.05, 0.1) is 20.6 Å². The first-order chi connectivity index (χ1) is 12.2. The van der Waals surface area contributed by atoms with Crippen LogP contribution in [0, 0.1) is 0 Å². The number of carbonyl (C=O) groups is 1. The minimum absolute atomic E-state index is 0.0351. The standard InChI is InChI=1S/C21H14O3S/c22-16-11-12-17-18(13-16)25(24)21(15-9-5-2-6-10-15)19(17)20(23)14-7-3-1-4-8-14/h1-13,22H. The van der Waals surface area contributed by atoms with Gasteiger partial charge in [-0.15, -0.1) is 0 Å². The summed E-state index contributed by atoms with van der Waals surface area (Å²) in [7, 11) is -1.52. The van der Waals surface area contributed by atoms with Gasteiger partial charge in [0, 0.05) is 16.7 Å². The van der Waals surface area contributed by atoms with Crippen LogP contribution < -0.4 is 0 Å². The van der Waals surface area contributed by atoms with E-state index in [1.54, 1.807) is 30.3 Å². The monoisotopic (exact) mass is 346 g/mol. The van der Waals surface area contributed by atoms with Gasteiger partial charge in [0.25, 0.3) is 0 Å². The quantitative estimate of drug-likeness (QED) is 0.721. The van der Waals surface area contributed by atoms with Gasteiger partial charge in [-0.2, -0.15) is 0 Å². The first-order valence-electron chi connectivity index (χ1n) is 7.81. The van der Waals surface area contributed by atoms with Crippen LogP contribution in [0.1, 0.15) is 21.5 Å². The van der Waals surface area contributed by atoms with Gasteiger partial charge in [-0.25, -0.2) is 4.21 Å². The van der Waals surface area contributed by atoms with E-state index in [-0.39, 0.29) is 11.5 Å². The normalized spacial score (nSPS) is 15.9. The van der Waals surface area contributed by atoms with E-state index in [4.69, 9.17) is 0 Å². The number of benzene rings is 3. The lowest BCUT2D eigenvalue weighted by atomic mass is 9.94. The molecule has 0 bridgehead atoms. The highest BCUT2D eigenvalue weighted by Crippen LogP contribution is 2.44. The van der Waals surface area contributed by atoms with Crippen molar-refractivity contribution in [2.45, 2.75) is 4.90 Å². The van der Waals surface area contributed by atoms with E-state index < -0.39 is 10.8 Å². The molecule has 0 radical (unpaired) electrons. The van der Waals surface area contributed by atoms with Crippen LogP contribution in [0.4, 0.5) is 0 Å². The zero-order valence-electron chi connectivity index (χ0n) is 13.2. The number of ketones is 1. The van der Waals surface area contributed by atoms with Gasteiger partial charge in [0.15, 0.2) is 5.78 Å². The Hall–Kier alpha value is -2.98. The van der Waals surface area contributed by atoms with Crippen LogP contribution in [0.25, 0.3) is 10.5 Å². The third-order valence-electron chi connectivity index (χ3n) is 4.15. The summed E-state index contributed by atoms with van der Waals surface area (Å²) in [5.41, 5.74) is 2.34. The van der Waals surface area contributed by atoms with Crippen LogP contribution >= 0.6 is 0 Å². The lowest BCUT2D eigenvalue weighted by Crippen LogP contribution is -2.03. The third kappa shape index (κ3) is 2.61. The van der Waals surface area contributed by atoms with E-state index >= 15 is 0 Å². The summed E-state index contributed by atoms with van der Waals surface area (Å²) in [4.78, 5) is 14.1. The van der Waals surface area contributed by atoms with E-state index in [9.17, 15) is 14.1 Å². The molecule has 1 heterocycles. The van der Waals surface area contributed by atoms with E-state index in [1.165, 1.54) is 12.1 Å². The van der Waals surface area contributed by atoms with Crippen LogP contribution in [0.15, 0.2) is 83.8 Å². The average molecular weight is 346 g/mol. The molecule has 3 aromatic carbocycles. The molecule has 4 rings (SSSR count). The second kappa shape index (κ2) is 6.15. The number of hydrogen-bond donors (Lipinski definition) is 1. The minimum Gasteiger partial charge on any atom is -0.508 e. The van der Waals surface area contributed by atoms with Crippen molar-refractivity contribution in [1.82, 2.24) is 0 Å². The minimum atomic E-state index is -1.52. The molecule has 1 aliphatic heterocycles. The molecule has 0 fully saturated rings. The molecule has 25 heavy (non-hydrogen) atoms. The van der Waals surface area contributed by atoms with Crippen molar-refractivity contribution in [2.75, 3.05) is 0 Å². The molecule has 0 aromatic heterocycles. The Bertz CT molecular complexity index is 1020. The fraction of sp³-hybridized carbons (Fsp3) is 0. The maximum absolute atomic E-state index is 13.2. The summed E-state index contributed by atoms with van der Waals surface area (Å²) in [6.07, 6.45) is 0. The van der Waals surface area contributed by atoms with E-state index in [2.05, 4.69) is 0 Å². The third-order valence-corrected chi connectivity index (χ3v) is 5.69. The second-order valence-electron chi connectivity index (χ2n) is 5.71. The molecule has 0 amide bonds. The molecule has 1 atom stereocenters. The number of allylic oxidation sites excluding steroid dienone is 1. The maximum atomic E-state index is 13.2. The highest BCUT2D eigenvalue weighted by molar-refractivity contribution is 7.95. The fourth-order valence-corrected chi connectivity index (χ4v) is 4.55. The van der Waals surface area contributed by atoms with Gasteiger partial charge < -0.3 is 5.11 Å². The van der Waals surface area contributed by atoms with Gasteiger partial charge in [0.2, 0.25) is 0 Å². The Labute approximate surface area is 147 Å². The van der Waals surface area contributed by atoms with Crippen LogP contribution in [-0.2, 0) is 10.8 Å². The summed E-state index contributed by atoms with van der Waals surface area (Å²) in [6, 6.07) is 22.9. The Kier molecular flexibility index (Phi) is 3.82. The van der Waals surface area contributed by atoms with E-state index in [0.29, 0.717) is 26.5 Å². The zero-order valence-corrected chi connectivity index (χ0v) is 14.0. The lowest BCUT2D eigenvalue weighted by molar-refractivity contribution is 0.105. The molecule has 1 unspecified atom stereocenters. The molecular formula is C21H14O3S. The lowest BCUT2D eigenvalue weighted by Gasteiger charge is -2.07. The van der Waals surface area contributed by atoms with Crippen molar-refractivity contribution >= 4 is 27.1 Å². The van der Waals surface area contributed by atoms with Crippen LogP contribution in [0.2, 0.25) is 0 Å². The van der Waals surface area contributed by atoms with Crippen molar-refractivity contribution in [1.29, 1.82) is 0 Å². The molecule has 1 N–H and O–H groups in total. The predicted octanol–water partition coefficient (Wildman–Crippen LogP) is 4.26. The number of phenols is 1. The molecule has 0 aliphatic carbocycles. The predicted molar refractivity (Wildman–Crippen MR) is 98.5 cm³/mol. The van der Waals surface area contributed by atoms with Crippen molar-refractivity contribution in [2.24, 2.45) is 0 Å². The fourth-order valence-electron chi connectivity index (χ4n) is 3.00. The Morgan fingerprint density at radius 2 is 1.48 bits per heavy atom. The summed E-state index contributed by atoms with van der Waals surface area (Å²) in [6.45, 7) is 0. The first-order valence-corrected chi connectivity index (χ1v) is 8.96. The van der Waals surface area contributed by atoms with E-state index in [0.717, 1.165) is 5.56 Å². The van der Waals surface area contributed by atoms with Gasteiger partial charge in [-0.05, 0) is 23.8 Å². The zero-order chi connectivity index (χ0) is 17.4. The topological polar surface area (TPSA) is 54.4 Å². The summed E-state index contributed by atoms with van der Waals surface area (Å²) in [5, 5.41) is 9.78. The number of rotatable bonds is 3. The largest absolute Gasteiger partial charge is 0.508 e.